The summed E-state index contributed by atoms with van der Waals surface area (Å²) in [6.07, 6.45) is 1.59. The molecule has 0 aliphatic rings. The summed E-state index contributed by atoms with van der Waals surface area (Å²) in [5.74, 6) is 0.0357. The highest BCUT2D eigenvalue weighted by Crippen LogP contribution is 2.21. The Bertz CT molecular complexity index is 686. The predicted octanol–water partition coefficient (Wildman–Crippen LogP) is 0.303. The van der Waals surface area contributed by atoms with E-state index in [9.17, 15) is 16.8 Å². The topological polar surface area (TPSA) is 123 Å². The van der Waals surface area contributed by atoms with Gasteiger partial charge in [0.25, 0.3) is 0 Å². The van der Waals surface area contributed by atoms with Crippen LogP contribution in [0.2, 0.25) is 0 Å². The van der Waals surface area contributed by atoms with Gasteiger partial charge in [-0.3, -0.25) is 4.72 Å². The SMILES string of the molecule is C=C(NS(=O)(=O)N(CCCNC)S(C)(=O)=O)N(C)C(C)(C)CC(C)=N. The van der Waals surface area contributed by atoms with Crippen LogP contribution in [0.4, 0.5) is 0 Å². The first-order chi connectivity index (χ1) is 11.1. The maximum absolute atomic E-state index is 12.5. The first-order valence-corrected chi connectivity index (χ1v) is 11.1. The summed E-state index contributed by atoms with van der Waals surface area (Å²) in [5.41, 5.74) is -0.120. The molecule has 0 atom stereocenters. The van der Waals surface area contributed by atoms with Crippen molar-refractivity contribution in [1.82, 2.24) is 18.6 Å². The molecule has 25 heavy (non-hydrogen) atoms. The van der Waals surface area contributed by atoms with Crippen LogP contribution in [-0.2, 0) is 20.2 Å². The van der Waals surface area contributed by atoms with Crippen LogP contribution >= 0.6 is 0 Å². The van der Waals surface area contributed by atoms with Crippen LogP contribution in [0.3, 0.4) is 0 Å². The minimum Gasteiger partial charge on any atom is -0.356 e. The lowest BCUT2D eigenvalue weighted by Crippen LogP contribution is -2.50. The Hall–Kier alpha value is -1.17. The van der Waals surface area contributed by atoms with E-state index in [0.717, 1.165) is 6.26 Å². The van der Waals surface area contributed by atoms with Gasteiger partial charge in [0.15, 0.2) is 0 Å². The molecule has 9 nitrogen and oxygen atoms in total. The summed E-state index contributed by atoms with van der Waals surface area (Å²) in [4.78, 5) is 1.58. The second kappa shape index (κ2) is 8.97. The third-order valence-corrected chi connectivity index (χ3v) is 7.20. The smallest absolute Gasteiger partial charge is 0.315 e. The van der Waals surface area contributed by atoms with Crippen LogP contribution in [0.5, 0.6) is 0 Å². The fourth-order valence-electron chi connectivity index (χ4n) is 2.25. The highest BCUT2D eigenvalue weighted by molar-refractivity contribution is 8.02. The van der Waals surface area contributed by atoms with E-state index in [0.29, 0.717) is 28.8 Å². The lowest BCUT2D eigenvalue weighted by Gasteiger charge is -2.38. The minimum atomic E-state index is -4.32. The monoisotopic (exact) mass is 397 g/mol. The number of nitrogens with zero attached hydrogens (tertiary/aromatic N) is 2. The normalized spacial score (nSPS) is 12.9. The van der Waals surface area contributed by atoms with E-state index >= 15 is 0 Å². The van der Waals surface area contributed by atoms with Gasteiger partial charge in [-0.1, -0.05) is 10.3 Å². The Balaban J connectivity index is 5.36. The highest BCUT2D eigenvalue weighted by atomic mass is 32.3. The van der Waals surface area contributed by atoms with Crippen molar-refractivity contribution < 1.29 is 16.8 Å². The maximum atomic E-state index is 12.5. The lowest BCUT2D eigenvalue weighted by molar-refractivity contribution is 0.206. The van der Waals surface area contributed by atoms with Crippen LogP contribution in [0.25, 0.3) is 0 Å². The molecule has 0 radical (unpaired) electrons. The minimum absolute atomic E-state index is 0.0357. The van der Waals surface area contributed by atoms with E-state index in [-0.39, 0.29) is 12.4 Å². The summed E-state index contributed by atoms with van der Waals surface area (Å²) in [6.45, 7) is 9.35. The van der Waals surface area contributed by atoms with Gasteiger partial charge in [-0.25, -0.2) is 8.42 Å². The highest BCUT2D eigenvalue weighted by Gasteiger charge is 2.33. The van der Waals surface area contributed by atoms with Crippen molar-refractivity contribution in [2.75, 3.05) is 33.4 Å². The quantitative estimate of drug-likeness (QED) is 0.322. The van der Waals surface area contributed by atoms with Crippen LogP contribution in [0.15, 0.2) is 12.4 Å². The molecule has 0 aliphatic heterocycles. The molecule has 0 unspecified atom stereocenters. The molecule has 0 fully saturated rings. The molecule has 148 valence electrons. The van der Waals surface area contributed by atoms with Gasteiger partial charge in [-0.15, -0.1) is 0 Å². The van der Waals surface area contributed by atoms with Gasteiger partial charge in [0.2, 0.25) is 10.0 Å². The van der Waals surface area contributed by atoms with Gasteiger partial charge in [0.1, 0.15) is 5.82 Å². The number of hydrogen-bond acceptors (Lipinski definition) is 7. The Morgan fingerprint density at radius 1 is 1.24 bits per heavy atom. The average Bonchev–Trinajstić information content (AvgIpc) is 2.38. The van der Waals surface area contributed by atoms with E-state index in [2.05, 4.69) is 16.6 Å². The Morgan fingerprint density at radius 3 is 2.16 bits per heavy atom. The van der Waals surface area contributed by atoms with Gasteiger partial charge in [-0.05, 0) is 40.8 Å². The average molecular weight is 398 g/mol. The second-order valence-corrected chi connectivity index (χ2v) is 10.3. The van der Waals surface area contributed by atoms with Gasteiger partial charge in [0, 0.05) is 31.3 Å². The van der Waals surface area contributed by atoms with Gasteiger partial charge in [-0.2, -0.15) is 8.42 Å². The van der Waals surface area contributed by atoms with Crippen LogP contribution in [0, 0.1) is 5.41 Å². The zero-order chi connectivity index (χ0) is 20.1. The van der Waals surface area contributed by atoms with E-state index in [4.69, 9.17) is 5.41 Å². The predicted molar refractivity (Wildman–Crippen MR) is 101 cm³/mol. The van der Waals surface area contributed by atoms with Gasteiger partial charge < -0.3 is 15.6 Å². The molecule has 0 aliphatic carbocycles. The third-order valence-electron chi connectivity index (χ3n) is 3.66. The summed E-state index contributed by atoms with van der Waals surface area (Å²) in [6, 6.07) is 0. The van der Waals surface area contributed by atoms with Crippen molar-refractivity contribution in [2.24, 2.45) is 0 Å². The van der Waals surface area contributed by atoms with Crippen LogP contribution in [0.1, 0.15) is 33.6 Å². The van der Waals surface area contributed by atoms with E-state index in [1.54, 1.807) is 25.9 Å². The van der Waals surface area contributed by atoms with E-state index in [1.807, 2.05) is 13.8 Å². The van der Waals surface area contributed by atoms with Crippen molar-refractivity contribution in [3.8, 4) is 0 Å². The molecule has 0 heterocycles. The third kappa shape index (κ3) is 7.72. The molecular formula is C14H31N5O4S2. The molecule has 0 spiro atoms. The molecule has 0 amide bonds. The molecule has 3 N–H and O–H groups in total. The molecule has 0 rings (SSSR count). The molecule has 0 aromatic rings. The van der Waals surface area contributed by atoms with E-state index in [1.165, 1.54) is 0 Å². The largest absolute Gasteiger partial charge is 0.356 e. The Labute approximate surface area is 152 Å². The maximum Gasteiger partial charge on any atom is 0.315 e. The first kappa shape index (κ1) is 23.8. The van der Waals surface area contributed by atoms with Crippen molar-refractivity contribution in [1.29, 1.82) is 5.41 Å². The number of rotatable bonds is 12. The van der Waals surface area contributed by atoms with Crippen molar-refractivity contribution in [2.45, 2.75) is 39.2 Å². The molecule has 0 saturated carbocycles. The Kier molecular flexibility index (Phi) is 8.55. The lowest BCUT2D eigenvalue weighted by atomic mass is 9.96. The first-order valence-electron chi connectivity index (χ1n) is 7.77. The molecule has 0 aromatic heterocycles. The zero-order valence-corrected chi connectivity index (χ0v) is 17.5. The van der Waals surface area contributed by atoms with E-state index < -0.39 is 25.8 Å². The van der Waals surface area contributed by atoms with Crippen LogP contribution in [-0.4, -0.2) is 70.1 Å². The van der Waals surface area contributed by atoms with Crippen molar-refractivity contribution in [3.05, 3.63) is 12.4 Å². The van der Waals surface area contributed by atoms with Crippen molar-refractivity contribution >= 4 is 25.9 Å². The zero-order valence-electron chi connectivity index (χ0n) is 15.9. The second-order valence-electron chi connectivity index (χ2n) is 6.60. The van der Waals surface area contributed by atoms with Crippen molar-refractivity contribution in [3.63, 3.8) is 0 Å². The number of nitrogens with one attached hydrogen (secondary N) is 3. The number of hydrogen-bond donors (Lipinski definition) is 3. The standard InChI is InChI=1S/C14H31N5O4S2/c1-12(15)11-14(3,4)18(6)13(2)17-25(22,23)19(24(7,20)21)10-8-9-16-5/h15-17H,2,8-11H2,1,3-7H3. The summed E-state index contributed by atoms with van der Waals surface area (Å²) < 4.78 is 51.5. The summed E-state index contributed by atoms with van der Waals surface area (Å²) in [5, 5.41) is 10.5. The Morgan fingerprint density at radius 2 is 1.76 bits per heavy atom. The summed E-state index contributed by atoms with van der Waals surface area (Å²) in [7, 11) is -4.95. The molecule has 11 heteroatoms. The molecule has 0 bridgehead atoms. The molecule has 0 aromatic carbocycles. The van der Waals surface area contributed by atoms with Gasteiger partial charge in [0.05, 0.1) is 6.26 Å². The van der Waals surface area contributed by atoms with Crippen LogP contribution < -0.4 is 10.0 Å². The molecule has 0 saturated heterocycles. The fraction of sp³-hybridized carbons (Fsp3) is 0.786. The number of sulfonamides is 1. The fourth-order valence-corrected chi connectivity index (χ4v) is 5.15. The molecular weight excluding hydrogens is 366 g/mol. The van der Waals surface area contributed by atoms with Gasteiger partial charge >= 0.3 is 10.2 Å². The summed E-state index contributed by atoms with van der Waals surface area (Å²) >= 11 is 0.